The molecule has 0 saturated carbocycles. The highest BCUT2D eigenvalue weighted by atomic mass is 35.5. The summed E-state index contributed by atoms with van der Waals surface area (Å²) in [7, 11) is 2.21. The van der Waals surface area contributed by atoms with Gasteiger partial charge in [0.15, 0.2) is 0 Å². The first kappa shape index (κ1) is 10.9. The highest BCUT2D eigenvalue weighted by Gasteiger charge is 2.38. The molecule has 1 aliphatic carbocycles. The molecule has 0 amide bonds. The number of hydrogen-bond acceptors (Lipinski definition) is 1. The zero-order chi connectivity index (χ0) is 12.3. The van der Waals surface area contributed by atoms with Crippen LogP contribution in [0.5, 0.6) is 0 Å². The Morgan fingerprint density at radius 1 is 1.39 bits per heavy atom. The van der Waals surface area contributed by atoms with Crippen molar-refractivity contribution in [1.82, 2.24) is 9.88 Å². The van der Waals surface area contributed by atoms with Crippen molar-refractivity contribution in [2.45, 2.75) is 30.2 Å². The van der Waals surface area contributed by atoms with Crippen LogP contribution in [0.15, 0.2) is 24.4 Å². The van der Waals surface area contributed by atoms with E-state index < -0.39 is 0 Å². The molecule has 1 fully saturated rings. The van der Waals surface area contributed by atoms with Crippen LogP contribution < -0.4 is 0 Å². The molecule has 1 unspecified atom stereocenters. The fourth-order valence-corrected chi connectivity index (χ4v) is 4.29. The Labute approximate surface area is 112 Å². The van der Waals surface area contributed by atoms with E-state index in [1.165, 1.54) is 22.0 Å². The van der Waals surface area contributed by atoms with Crippen molar-refractivity contribution in [3.63, 3.8) is 0 Å². The lowest BCUT2D eigenvalue weighted by atomic mass is 9.75. The van der Waals surface area contributed by atoms with Crippen molar-refractivity contribution in [3.05, 3.63) is 35.5 Å². The lowest BCUT2D eigenvalue weighted by Gasteiger charge is -2.44. The van der Waals surface area contributed by atoms with E-state index in [4.69, 9.17) is 11.6 Å². The van der Waals surface area contributed by atoms with Crippen molar-refractivity contribution in [1.29, 1.82) is 0 Å². The van der Waals surface area contributed by atoms with E-state index in [9.17, 15) is 0 Å². The maximum absolute atomic E-state index is 6.42. The van der Waals surface area contributed by atoms with E-state index in [1.807, 2.05) is 0 Å². The predicted octanol–water partition coefficient (Wildman–Crippen LogP) is 3.12. The minimum atomic E-state index is 0.284. The molecule has 18 heavy (non-hydrogen) atoms. The molecule has 2 aromatic rings. The molecule has 0 bridgehead atoms. The van der Waals surface area contributed by atoms with E-state index in [1.54, 1.807) is 0 Å². The number of H-pyrrole nitrogens is 1. The Morgan fingerprint density at radius 3 is 3.17 bits per heavy atom. The highest BCUT2D eigenvalue weighted by molar-refractivity contribution is 6.20. The van der Waals surface area contributed by atoms with Gasteiger partial charge in [0.05, 0.1) is 0 Å². The van der Waals surface area contributed by atoms with Crippen molar-refractivity contribution in [2.24, 2.45) is 0 Å². The summed E-state index contributed by atoms with van der Waals surface area (Å²) in [6, 6.07) is 7.25. The lowest BCUT2D eigenvalue weighted by Crippen LogP contribution is -2.48. The third-order valence-corrected chi connectivity index (χ3v) is 4.99. The average molecular weight is 261 g/mol. The summed E-state index contributed by atoms with van der Waals surface area (Å²) in [4.78, 5) is 5.85. The van der Waals surface area contributed by atoms with Gasteiger partial charge < -0.3 is 9.88 Å². The predicted molar refractivity (Wildman–Crippen MR) is 75.4 cm³/mol. The van der Waals surface area contributed by atoms with Crippen LogP contribution >= 0.6 is 11.6 Å². The molecular weight excluding hydrogens is 244 g/mol. The Hall–Kier alpha value is -0.990. The van der Waals surface area contributed by atoms with Gasteiger partial charge in [-0.25, -0.2) is 0 Å². The number of likely N-dealkylation sites (tertiary alicyclic amines) is 1. The Kier molecular flexibility index (Phi) is 2.27. The number of hydrogen-bond donors (Lipinski definition) is 1. The number of aromatic nitrogens is 1. The van der Waals surface area contributed by atoms with Gasteiger partial charge in [-0.15, -0.1) is 11.6 Å². The van der Waals surface area contributed by atoms with Crippen molar-refractivity contribution in [2.75, 3.05) is 13.6 Å². The van der Waals surface area contributed by atoms with Crippen LogP contribution in [0.25, 0.3) is 10.9 Å². The van der Waals surface area contributed by atoms with Gasteiger partial charge in [-0.3, -0.25) is 0 Å². The van der Waals surface area contributed by atoms with Crippen LogP contribution in [0.1, 0.15) is 23.5 Å². The topological polar surface area (TPSA) is 19.0 Å². The molecule has 4 rings (SSSR count). The normalized spacial score (nSPS) is 31.6. The summed E-state index contributed by atoms with van der Waals surface area (Å²) in [5.74, 6) is 0.596. The number of rotatable bonds is 0. The van der Waals surface area contributed by atoms with Crippen molar-refractivity contribution in [3.8, 4) is 0 Å². The summed E-state index contributed by atoms with van der Waals surface area (Å²) in [5, 5.41) is 1.74. The van der Waals surface area contributed by atoms with Crippen LogP contribution in [0.4, 0.5) is 0 Å². The molecule has 2 heterocycles. The Balaban J connectivity index is 1.92. The number of aromatic amines is 1. The molecule has 2 nitrogen and oxygen atoms in total. The number of nitrogens with one attached hydrogen (secondary N) is 1. The number of likely N-dealkylation sites (N-methyl/N-ethyl adjacent to an activating group) is 1. The van der Waals surface area contributed by atoms with Crippen LogP contribution in [-0.4, -0.2) is 34.9 Å². The SMILES string of the molecule is CN1C[C@H](Cl)CC2c3cccc4[nH]cc(c34)C[C@H]21. The second-order valence-electron chi connectivity index (χ2n) is 5.73. The third kappa shape index (κ3) is 1.39. The van der Waals surface area contributed by atoms with Gasteiger partial charge in [0.25, 0.3) is 0 Å². The first-order valence-corrected chi connectivity index (χ1v) is 7.11. The zero-order valence-corrected chi connectivity index (χ0v) is 11.2. The molecule has 3 atom stereocenters. The average Bonchev–Trinajstić information content (AvgIpc) is 2.76. The first-order chi connectivity index (χ1) is 8.74. The molecule has 1 N–H and O–H groups in total. The van der Waals surface area contributed by atoms with Crippen molar-refractivity contribution < 1.29 is 0 Å². The lowest BCUT2D eigenvalue weighted by molar-refractivity contribution is 0.160. The quantitative estimate of drug-likeness (QED) is 0.721. The number of benzene rings is 1. The van der Waals surface area contributed by atoms with Gasteiger partial charge in [-0.2, -0.15) is 0 Å². The molecule has 0 spiro atoms. The summed E-state index contributed by atoms with van der Waals surface area (Å²) < 4.78 is 0. The largest absolute Gasteiger partial charge is 0.361 e. The summed E-state index contributed by atoms with van der Waals surface area (Å²) in [5.41, 5.74) is 4.25. The standard InChI is InChI=1S/C15H17ClN2/c1-18-8-10(16)6-12-11-3-2-4-13-15(11)9(7-17-13)5-14(12)18/h2-4,7,10,12,14,17H,5-6,8H2,1H3/t10-,12?,14-/m1/s1. The third-order valence-electron chi connectivity index (χ3n) is 4.67. The summed E-state index contributed by atoms with van der Waals surface area (Å²) in [6.07, 6.45) is 4.45. The maximum atomic E-state index is 6.42. The molecule has 1 aliphatic heterocycles. The van der Waals surface area contributed by atoms with E-state index in [0.29, 0.717) is 12.0 Å². The molecule has 1 saturated heterocycles. The van der Waals surface area contributed by atoms with Crippen LogP contribution in [0.2, 0.25) is 0 Å². The van der Waals surface area contributed by atoms with Gasteiger partial charge in [-0.05, 0) is 37.1 Å². The molecule has 0 radical (unpaired) electrons. The highest BCUT2D eigenvalue weighted by Crippen LogP contribution is 2.43. The molecule has 94 valence electrons. The minimum Gasteiger partial charge on any atom is -0.361 e. The van der Waals surface area contributed by atoms with E-state index >= 15 is 0 Å². The van der Waals surface area contributed by atoms with Crippen LogP contribution in [0, 0.1) is 0 Å². The molecule has 1 aromatic carbocycles. The van der Waals surface area contributed by atoms with E-state index in [2.05, 4.69) is 41.3 Å². The van der Waals surface area contributed by atoms with Gasteiger partial charge in [0.2, 0.25) is 0 Å². The van der Waals surface area contributed by atoms with E-state index in [0.717, 1.165) is 19.4 Å². The second-order valence-corrected chi connectivity index (χ2v) is 6.35. The minimum absolute atomic E-state index is 0.284. The fraction of sp³-hybridized carbons (Fsp3) is 0.467. The number of halogens is 1. The maximum Gasteiger partial charge on any atom is 0.0469 e. The molecular formula is C15H17ClN2. The molecule has 1 aromatic heterocycles. The van der Waals surface area contributed by atoms with Crippen LogP contribution in [-0.2, 0) is 6.42 Å². The summed E-state index contributed by atoms with van der Waals surface area (Å²) in [6.45, 7) is 1.01. The first-order valence-electron chi connectivity index (χ1n) is 6.67. The monoisotopic (exact) mass is 260 g/mol. The number of alkyl halides is 1. The summed E-state index contributed by atoms with van der Waals surface area (Å²) >= 11 is 6.42. The van der Waals surface area contributed by atoms with E-state index in [-0.39, 0.29) is 5.38 Å². The zero-order valence-electron chi connectivity index (χ0n) is 10.5. The Morgan fingerprint density at radius 2 is 2.28 bits per heavy atom. The molecule has 2 aliphatic rings. The number of piperidine rings is 1. The Bertz CT molecular complexity index is 604. The van der Waals surface area contributed by atoms with Crippen LogP contribution in [0.3, 0.4) is 0 Å². The smallest absolute Gasteiger partial charge is 0.0469 e. The molecule has 3 heteroatoms. The van der Waals surface area contributed by atoms with Gasteiger partial charge >= 0.3 is 0 Å². The fourth-order valence-electron chi connectivity index (χ4n) is 3.88. The van der Waals surface area contributed by atoms with Gasteiger partial charge in [0, 0.05) is 41.0 Å². The van der Waals surface area contributed by atoms with Crippen molar-refractivity contribution >= 4 is 22.5 Å². The number of fused-ring (bicyclic) bond motifs is 2. The van der Waals surface area contributed by atoms with Gasteiger partial charge in [0.1, 0.15) is 0 Å². The second kappa shape index (κ2) is 3.75. The number of nitrogens with zero attached hydrogens (tertiary/aromatic N) is 1. The van der Waals surface area contributed by atoms with Gasteiger partial charge in [-0.1, -0.05) is 12.1 Å².